The molecule has 44 heavy (non-hydrogen) atoms. The van der Waals surface area contributed by atoms with Crippen molar-refractivity contribution in [1.82, 2.24) is 0 Å². The average molecular weight is 675 g/mol. The molecule has 0 aromatic carbocycles. The van der Waals surface area contributed by atoms with Crippen LogP contribution >= 0.6 is 0 Å². The Morgan fingerprint density at radius 1 is 0.227 bits per heavy atom. The molecular formula is C42H90CrSi. The summed E-state index contributed by atoms with van der Waals surface area (Å²) in [6, 6.07) is 0. The van der Waals surface area contributed by atoms with Gasteiger partial charge in [0.05, 0.1) is 0 Å². The minimum atomic E-state index is 0. The Kier molecular flexibility index (Phi) is 72.9. The van der Waals surface area contributed by atoms with Crippen LogP contribution in [0.2, 0.25) is 0 Å². The van der Waals surface area contributed by atoms with Gasteiger partial charge in [-0.3, -0.25) is 0 Å². The zero-order valence-electron chi connectivity index (χ0n) is 32.0. The Morgan fingerprint density at radius 2 is 0.341 bits per heavy atom. The van der Waals surface area contributed by atoms with Gasteiger partial charge in [-0.1, -0.05) is 233 Å². The first-order valence-electron chi connectivity index (χ1n) is 20.1. The molecule has 0 aromatic heterocycles. The summed E-state index contributed by atoms with van der Waals surface area (Å²) in [6.45, 7) is 18.4. The van der Waals surface area contributed by atoms with Crippen molar-refractivity contribution in [1.29, 1.82) is 0 Å². The van der Waals surface area contributed by atoms with Crippen LogP contribution in [0, 0.1) is 20.8 Å². The molecule has 0 N–H and O–H groups in total. The van der Waals surface area contributed by atoms with Crippen molar-refractivity contribution < 1.29 is 17.4 Å². The van der Waals surface area contributed by atoms with Gasteiger partial charge in [-0.05, 0) is 11.0 Å². The van der Waals surface area contributed by atoms with Crippen molar-refractivity contribution >= 4 is 11.0 Å². The second-order valence-corrected chi connectivity index (χ2v) is 13.2. The van der Waals surface area contributed by atoms with Crippen LogP contribution in [0.1, 0.15) is 252 Å². The van der Waals surface area contributed by atoms with E-state index >= 15 is 0 Å². The van der Waals surface area contributed by atoms with E-state index in [1.807, 2.05) is 0 Å². The minimum Gasteiger partial charge on any atom is -0.343 e. The van der Waals surface area contributed by atoms with Crippen LogP contribution in [-0.2, 0) is 17.4 Å². The Balaban J connectivity index is -0.000000169. The van der Waals surface area contributed by atoms with E-state index in [1.165, 1.54) is 212 Å². The van der Waals surface area contributed by atoms with Crippen LogP contribution in [0.15, 0.2) is 0 Å². The van der Waals surface area contributed by atoms with Crippen molar-refractivity contribution in [3.63, 3.8) is 0 Å². The van der Waals surface area contributed by atoms with Crippen molar-refractivity contribution in [3.8, 4) is 0 Å². The largest absolute Gasteiger partial charge is 3.00 e. The van der Waals surface area contributed by atoms with Crippen LogP contribution in [0.5, 0.6) is 0 Å². The molecule has 0 atom stereocenters. The first kappa shape index (κ1) is 54.2. The van der Waals surface area contributed by atoms with E-state index in [9.17, 15) is 0 Å². The predicted octanol–water partition coefficient (Wildman–Crippen LogP) is 15.4. The molecule has 0 fully saturated rings. The molecule has 0 unspecified atom stereocenters. The maximum absolute atomic E-state index is 3.86. The Morgan fingerprint density at radius 3 is 0.455 bits per heavy atom. The van der Waals surface area contributed by atoms with Gasteiger partial charge >= 0.3 is 17.4 Å². The second-order valence-electron chi connectivity index (χ2n) is 13.2. The van der Waals surface area contributed by atoms with Gasteiger partial charge in [0.1, 0.15) is 0 Å². The molecule has 0 aromatic rings. The summed E-state index contributed by atoms with van der Waals surface area (Å²) < 4.78 is 0. The van der Waals surface area contributed by atoms with Crippen molar-refractivity contribution in [2.24, 2.45) is 0 Å². The third-order valence-corrected chi connectivity index (χ3v) is 8.56. The van der Waals surface area contributed by atoms with E-state index < -0.39 is 0 Å². The van der Waals surface area contributed by atoms with Gasteiger partial charge in [0, 0.05) is 0 Å². The molecule has 0 aliphatic rings. The van der Waals surface area contributed by atoms with Crippen molar-refractivity contribution in [2.75, 3.05) is 0 Å². The average Bonchev–Trinajstić information content (AvgIpc) is 3.01. The summed E-state index contributed by atoms with van der Waals surface area (Å²) in [5.74, 6) is 0. The zero-order chi connectivity index (χ0) is 31.5. The fraction of sp³-hybridized carbons (Fsp3) is 0.929. The fourth-order valence-corrected chi connectivity index (χ4v) is 5.52. The molecule has 0 aliphatic heterocycles. The van der Waals surface area contributed by atoms with Crippen molar-refractivity contribution in [3.05, 3.63) is 20.8 Å². The summed E-state index contributed by atoms with van der Waals surface area (Å²) in [7, 11) is 0. The number of unbranched alkanes of at least 4 members (excludes halogenated alkanes) is 33. The maximum atomic E-state index is 3.86. The van der Waals surface area contributed by atoms with Gasteiger partial charge < -0.3 is 20.8 Å². The van der Waals surface area contributed by atoms with Gasteiger partial charge in [0.2, 0.25) is 0 Å². The van der Waals surface area contributed by atoms with Gasteiger partial charge in [0.15, 0.2) is 0 Å². The summed E-state index contributed by atoms with van der Waals surface area (Å²) in [5.41, 5.74) is 0. The van der Waals surface area contributed by atoms with E-state index in [2.05, 4.69) is 41.5 Å². The van der Waals surface area contributed by atoms with Crippen LogP contribution in [0.25, 0.3) is 0 Å². The minimum absolute atomic E-state index is 0. The third-order valence-electron chi connectivity index (χ3n) is 8.56. The fourth-order valence-electron chi connectivity index (χ4n) is 5.52. The van der Waals surface area contributed by atoms with Gasteiger partial charge in [-0.2, -0.15) is 19.3 Å². The van der Waals surface area contributed by atoms with E-state index in [-0.39, 0.29) is 28.3 Å². The normalized spacial score (nSPS) is 10.2. The van der Waals surface area contributed by atoms with Crippen molar-refractivity contribution in [2.45, 2.75) is 252 Å². The van der Waals surface area contributed by atoms with Crippen LogP contribution < -0.4 is 0 Å². The quantitative estimate of drug-likeness (QED) is 0.0369. The van der Waals surface area contributed by atoms with Crippen LogP contribution in [-0.4, -0.2) is 11.0 Å². The standard InChI is InChI=1S/3C14H29.Cr.H3Si/c3*1-3-5-7-9-11-13-14-12-10-8-6-4-2;;/h3*1,3-14H2,2H3;;1H3/q3*-1;+3;. The number of rotatable bonds is 33. The maximum Gasteiger partial charge on any atom is 3.00 e. The monoisotopic (exact) mass is 675 g/mol. The second kappa shape index (κ2) is 59.2. The van der Waals surface area contributed by atoms with Crippen LogP contribution in [0.4, 0.5) is 0 Å². The van der Waals surface area contributed by atoms with Crippen LogP contribution in [0.3, 0.4) is 0 Å². The van der Waals surface area contributed by atoms with E-state index in [1.54, 1.807) is 0 Å². The molecule has 0 nitrogen and oxygen atoms in total. The van der Waals surface area contributed by atoms with E-state index in [0.29, 0.717) is 0 Å². The molecule has 0 heterocycles. The zero-order valence-corrected chi connectivity index (χ0v) is 35.3. The van der Waals surface area contributed by atoms with E-state index in [0.717, 1.165) is 19.3 Å². The topological polar surface area (TPSA) is 0 Å². The van der Waals surface area contributed by atoms with Gasteiger partial charge in [0.25, 0.3) is 0 Å². The molecule has 2 heteroatoms. The first-order chi connectivity index (χ1) is 20.7. The number of hydrogen-bond donors (Lipinski definition) is 0. The summed E-state index contributed by atoms with van der Waals surface area (Å²) in [4.78, 5) is 0. The van der Waals surface area contributed by atoms with Gasteiger partial charge in [-0.25, -0.2) is 0 Å². The Bertz CT molecular complexity index is 293. The molecule has 0 amide bonds. The van der Waals surface area contributed by atoms with Gasteiger partial charge in [-0.15, -0.1) is 0 Å². The molecule has 0 rings (SSSR count). The molecule has 268 valence electrons. The smallest absolute Gasteiger partial charge is 0.343 e. The summed E-state index contributed by atoms with van der Waals surface area (Å²) >= 11 is 0. The molecule has 2 radical (unpaired) electrons. The third kappa shape index (κ3) is 65.4. The molecule has 0 bridgehead atoms. The predicted molar refractivity (Wildman–Crippen MR) is 209 cm³/mol. The number of hydrogen-bond acceptors (Lipinski definition) is 0. The molecule has 0 spiro atoms. The molecular weight excluding hydrogens is 585 g/mol. The molecule has 0 aliphatic carbocycles. The molecule has 0 saturated heterocycles. The Hall–Kier alpha value is 0.749. The first-order valence-corrected chi connectivity index (χ1v) is 20.1. The molecule has 0 saturated carbocycles. The Labute approximate surface area is 299 Å². The van der Waals surface area contributed by atoms with E-state index in [4.69, 9.17) is 0 Å². The summed E-state index contributed by atoms with van der Waals surface area (Å²) in [5, 5.41) is 0. The SMILES string of the molecule is [CH2-]CCCCCCCCCCCCC.[CH2-]CCCCCCCCCCCCC.[CH2-]CCCCCCCCCCCCC.[Cr+3].[SiH3]. The summed E-state index contributed by atoms with van der Waals surface area (Å²) in [6.07, 6.45) is 50.6.